The number of aromatic nitrogens is 4. The second-order valence-corrected chi connectivity index (χ2v) is 3.63. The minimum absolute atomic E-state index is 0.672. The zero-order valence-corrected chi connectivity index (χ0v) is 9.05. The smallest absolute Gasteiger partial charge is 0.182 e. The van der Waals surface area contributed by atoms with Gasteiger partial charge in [-0.05, 0) is 18.1 Å². The summed E-state index contributed by atoms with van der Waals surface area (Å²) >= 11 is 0. The maximum atomic E-state index is 5.01. The van der Waals surface area contributed by atoms with Crippen LogP contribution in [-0.2, 0) is 6.42 Å². The van der Waals surface area contributed by atoms with Gasteiger partial charge >= 0.3 is 0 Å². The second-order valence-electron chi connectivity index (χ2n) is 3.63. The van der Waals surface area contributed by atoms with E-state index in [2.05, 4.69) is 25.3 Å². The number of rotatable bonds is 4. The molecule has 0 aliphatic heterocycles. The predicted molar refractivity (Wildman–Crippen MR) is 62.6 cm³/mol. The van der Waals surface area contributed by atoms with Gasteiger partial charge in [0.15, 0.2) is 11.5 Å². The monoisotopic (exact) mass is 229 g/mol. The fourth-order valence-corrected chi connectivity index (χ4v) is 1.66. The zero-order valence-electron chi connectivity index (χ0n) is 9.05. The molecule has 0 aliphatic rings. The standard InChI is InChI=1S/C11H11N5O/c1(8-2-4-17-5-8)3-12-10-9-11(14-6-13-9)16-7-15-10/h2,4-7H,1,3H2,(H2,12,13,14,15,16). The van der Waals surface area contributed by atoms with Crippen molar-refractivity contribution in [3.05, 3.63) is 36.8 Å². The van der Waals surface area contributed by atoms with Crippen molar-refractivity contribution in [2.24, 2.45) is 0 Å². The molecule has 0 atom stereocenters. The Morgan fingerprint density at radius 3 is 3.18 bits per heavy atom. The molecule has 0 saturated carbocycles. The molecule has 3 heterocycles. The van der Waals surface area contributed by atoms with Gasteiger partial charge in [-0.15, -0.1) is 0 Å². The molecule has 0 aromatic carbocycles. The fourth-order valence-electron chi connectivity index (χ4n) is 1.66. The van der Waals surface area contributed by atoms with Crippen LogP contribution in [0.5, 0.6) is 0 Å². The van der Waals surface area contributed by atoms with Crippen LogP contribution >= 0.6 is 0 Å². The van der Waals surface area contributed by atoms with Crippen LogP contribution in [-0.4, -0.2) is 26.5 Å². The largest absolute Gasteiger partial charge is 0.472 e. The van der Waals surface area contributed by atoms with Crippen LogP contribution in [0.2, 0.25) is 0 Å². The highest BCUT2D eigenvalue weighted by atomic mass is 16.3. The molecule has 2 N–H and O–H groups in total. The molecule has 17 heavy (non-hydrogen) atoms. The van der Waals surface area contributed by atoms with Crippen molar-refractivity contribution in [1.82, 2.24) is 19.9 Å². The normalized spacial score (nSPS) is 10.8. The Labute approximate surface area is 97.1 Å². The molecule has 0 amide bonds. The zero-order chi connectivity index (χ0) is 11.5. The summed E-state index contributed by atoms with van der Waals surface area (Å²) in [6.07, 6.45) is 7.42. The summed E-state index contributed by atoms with van der Waals surface area (Å²) in [5.41, 5.74) is 2.66. The van der Waals surface area contributed by atoms with Crippen molar-refractivity contribution < 1.29 is 4.42 Å². The third-order valence-corrected chi connectivity index (χ3v) is 2.51. The SMILES string of the molecule is c1nc(NCCc2ccoc2)c2[nH]cnc2n1. The Bertz CT molecular complexity index is 601. The number of imidazole rings is 1. The highest BCUT2D eigenvalue weighted by Gasteiger charge is 2.04. The summed E-state index contributed by atoms with van der Waals surface area (Å²) in [7, 11) is 0. The van der Waals surface area contributed by atoms with Crippen LogP contribution in [0.4, 0.5) is 5.82 Å². The lowest BCUT2D eigenvalue weighted by molar-refractivity contribution is 0.564. The summed E-state index contributed by atoms with van der Waals surface area (Å²) in [6.45, 7) is 0.782. The lowest BCUT2D eigenvalue weighted by Crippen LogP contribution is -2.06. The first-order valence-corrected chi connectivity index (χ1v) is 5.32. The Kier molecular flexibility index (Phi) is 2.45. The summed E-state index contributed by atoms with van der Waals surface area (Å²) in [6, 6.07) is 1.95. The van der Waals surface area contributed by atoms with E-state index < -0.39 is 0 Å². The van der Waals surface area contributed by atoms with E-state index >= 15 is 0 Å². The van der Waals surface area contributed by atoms with Gasteiger partial charge in [0.25, 0.3) is 0 Å². The molecule has 0 spiro atoms. The molecule has 0 unspecified atom stereocenters. The van der Waals surface area contributed by atoms with Gasteiger partial charge in [-0.25, -0.2) is 15.0 Å². The van der Waals surface area contributed by atoms with Crippen LogP contribution in [0.1, 0.15) is 5.56 Å². The average molecular weight is 229 g/mol. The third kappa shape index (κ3) is 1.96. The Morgan fingerprint density at radius 1 is 1.29 bits per heavy atom. The first-order chi connectivity index (χ1) is 8.43. The molecular weight excluding hydrogens is 218 g/mol. The van der Waals surface area contributed by atoms with Crippen molar-refractivity contribution in [1.29, 1.82) is 0 Å². The summed E-state index contributed by atoms with van der Waals surface area (Å²) in [5.74, 6) is 0.774. The molecule has 3 rings (SSSR count). The molecule has 3 aromatic rings. The number of fused-ring (bicyclic) bond motifs is 1. The maximum Gasteiger partial charge on any atom is 0.182 e. The number of furan rings is 1. The van der Waals surface area contributed by atoms with Gasteiger partial charge < -0.3 is 14.7 Å². The van der Waals surface area contributed by atoms with Crippen molar-refractivity contribution >= 4 is 17.0 Å². The van der Waals surface area contributed by atoms with Crippen LogP contribution in [0.15, 0.2) is 35.7 Å². The number of hydrogen-bond acceptors (Lipinski definition) is 5. The second kappa shape index (κ2) is 4.25. The molecule has 3 aromatic heterocycles. The Morgan fingerprint density at radius 2 is 2.29 bits per heavy atom. The van der Waals surface area contributed by atoms with Gasteiger partial charge in [-0.3, -0.25) is 0 Å². The molecule has 0 fully saturated rings. The Balaban J connectivity index is 1.70. The van der Waals surface area contributed by atoms with Gasteiger partial charge in [0.05, 0.1) is 18.9 Å². The van der Waals surface area contributed by atoms with Gasteiger partial charge in [-0.2, -0.15) is 0 Å². The number of anilines is 1. The van der Waals surface area contributed by atoms with Gasteiger partial charge in [0.1, 0.15) is 11.8 Å². The molecule has 0 saturated heterocycles. The highest BCUT2D eigenvalue weighted by Crippen LogP contribution is 2.14. The number of nitrogens with one attached hydrogen (secondary N) is 2. The average Bonchev–Trinajstić information content (AvgIpc) is 2.99. The summed E-state index contributed by atoms with van der Waals surface area (Å²) in [4.78, 5) is 15.3. The lowest BCUT2D eigenvalue weighted by Gasteiger charge is -2.04. The molecular formula is C11H11N5O. The highest BCUT2D eigenvalue weighted by molar-refractivity contribution is 5.81. The molecule has 0 radical (unpaired) electrons. The first-order valence-electron chi connectivity index (χ1n) is 5.32. The van der Waals surface area contributed by atoms with E-state index in [4.69, 9.17) is 4.42 Å². The molecule has 6 heteroatoms. The maximum absolute atomic E-state index is 5.01. The van der Waals surface area contributed by atoms with Gasteiger partial charge in [0, 0.05) is 6.54 Å². The minimum atomic E-state index is 0.672. The van der Waals surface area contributed by atoms with Crippen LogP contribution in [0, 0.1) is 0 Å². The summed E-state index contributed by atoms with van der Waals surface area (Å²) in [5, 5.41) is 3.25. The molecule has 86 valence electrons. The van der Waals surface area contributed by atoms with Crippen molar-refractivity contribution in [2.45, 2.75) is 6.42 Å². The van der Waals surface area contributed by atoms with E-state index in [1.54, 1.807) is 18.9 Å². The fraction of sp³-hybridized carbons (Fsp3) is 0.182. The molecule has 6 nitrogen and oxygen atoms in total. The van der Waals surface area contributed by atoms with Crippen LogP contribution < -0.4 is 5.32 Å². The quantitative estimate of drug-likeness (QED) is 0.710. The topological polar surface area (TPSA) is 79.6 Å². The van der Waals surface area contributed by atoms with Crippen LogP contribution in [0.3, 0.4) is 0 Å². The lowest BCUT2D eigenvalue weighted by atomic mass is 10.2. The number of hydrogen-bond donors (Lipinski definition) is 2. The van der Waals surface area contributed by atoms with E-state index in [0.29, 0.717) is 5.65 Å². The molecule has 0 bridgehead atoms. The third-order valence-electron chi connectivity index (χ3n) is 2.51. The van der Waals surface area contributed by atoms with Gasteiger partial charge in [-0.1, -0.05) is 0 Å². The van der Waals surface area contributed by atoms with Crippen molar-refractivity contribution in [3.63, 3.8) is 0 Å². The van der Waals surface area contributed by atoms with E-state index in [-0.39, 0.29) is 0 Å². The van der Waals surface area contributed by atoms with E-state index in [9.17, 15) is 0 Å². The number of nitrogens with zero attached hydrogens (tertiary/aromatic N) is 3. The van der Waals surface area contributed by atoms with Crippen LogP contribution in [0.25, 0.3) is 11.2 Å². The van der Waals surface area contributed by atoms with E-state index in [1.807, 2.05) is 6.07 Å². The van der Waals surface area contributed by atoms with Crippen molar-refractivity contribution in [2.75, 3.05) is 11.9 Å². The number of aromatic amines is 1. The summed E-state index contributed by atoms with van der Waals surface area (Å²) < 4.78 is 5.01. The van der Waals surface area contributed by atoms with E-state index in [1.165, 1.54) is 6.33 Å². The minimum Gasteiger partial charge on any atom is -0.472 e. The number of H-pyrrole nitrogens is 1. The Hall–Kier alpha value is -2.37. The van der Waals surface area contributed by atoms with E-state index in [0.717, 1.165) is 29.9 Å². The first kappa shape index (κ1) is 9.83. The molecule has 0 aliphatic carbocycles. The predicted octanol–water partition coefficient (Wildman–Crippen LogP) is 1.60. The van der Waals surface area contributed by atoms with Gasteiger partial charge in [0.2, 0.25) is 0 Å². The van der Waals surface area contributed by atoms with Crippen molar-refractivity contribution in [3.8, 4) is 0 Å².